The van der Waals surface area contributed by atoms with Gasteiger partial charge < -0.3 is 15.1 Å². The minimum Gasteiger partial charge on any atom is -0.440 e. The summed E-state index contributed by atoms with van der Waals surface area (Å²) >= 11 is 7.38. The lowest BCUT2D eigenvalue weighted by Crippen LogP contribution is -2.36. The van der Waals surface area contributed by atoms with Crippen LogP contribution < -0.4 is 10.6 Å². The number of nitrogens with one attached hydrogen (secondary N) is 2. The number of rotatable bonds is 9. The van der Waals surface area contributed by atoms with Crippen LogP contribution in [0.5, 0.6) is 0 Å². The zero-order valence-corrected chi connectivity index (χ0v) is 17.9. The predicted octanol–water partition coefficient (Wildman–Crippen LogP) is 4.19. The van der Waals surface area contributed by atoms with Crippen molar-refractivity contribution in [2.45, 2.75) is 24.9 Å². The molecular weight excluding hydrogens is 417 g/mol. The van der Waals surface area contributed by atoms with Crippen molar-refractivity contribution in [2.75, 3.05) is 19.6 Å². The quantitative estimate of drug-likeness (QED) is 0.572. The maximum absolute atomic E-state index is 12.0. The molecule has 2 aromatic rings. The van der Waals surface area contributed by atoms with Gasteiger partial charge in [0, 0.05) is 23.7 Å². The number of hydrogen-bond acceptors (Lipinski definition) is 5. The first-order chi connectivity index (χ1) is 11.6. The van der Waals surface area contributed by atoms with Gasteiger partial charge in [0.05, 0.1) is 17.2 Å². The normalized spacial score (nSPS) is 11.2. The van der Waals surface area contributed by atoms with Crippen LogP contribution >= 0.6 is 48.2 Å². The van der Waals surface area contributed by atoms with Gasteiger partial charge in [-0.3, -0.25) is 4.79 Å². The van der Waals surface area contributed by atoms with E-state index in [9.17, 15) is 4.79 Å². The van der Waals surface area contributed by atoms with E-state index in [1.807, 2.05) is 38.1 Å². The molecule has 2 N–H and O–H groups in total. The van der Waals surface area contributed by atoms with E-state index in [2.05, 4.69) is 15.6 Å². The zero-order chi connectivity index (χ0) is 17.4. The molecule has 26 heavy (non-hydrogen) atoms. The zero-order valence-electron chi connectivity index (χ0n) is 14.7. The van der Waals surface area contributed by atoms with Crippen molar-refractivity contribution in [3.05, 3.63) is 41.4 Å². The smallest absolute Gasteiger partial charge is 0.232 e. The van der Waals surface area contributed by atoms with E-state index in [0.29, 0.717) is 29.0 Å². The van der Waals surface area contributed by atoms with Crippen LogP contribution in [-0.4, -0.2) is 35.8 Å². The van der Waals surface area contributed by atoms with Crippen molar-refractivity contribution in [3.63, 3.8) is 0 Å². The molecule has 9 heteroatoms. The number of nitrogens with zero attached hydrogens (tertiary/aromatic N) is 1. The fourth-order valence-corrected chi connectivity index (χ4v) is 2.88. The third kappa shape index (κ3) is 8.18. The lowest BCUT2D eigenvalue weighted by atomic mass is 10.2. The van der Waals surface area contributed by atoms with Gasteiger partial charge >= 0.3 is 0 Å². The van der Waals surface area contributed by atoms with Gasteiger partial charge in [0.15, 0.2) is 5.76 Å². The van der Waals surface area contributed by atoms with Crippen LogP contribution in [0.4, 0.5) is 0 Å². The number of amides is 1. The van der Waals surface area contributed by atoms with Crippen LogP contribution in [-0.2, 0) is 10.5 Å². The van der Waals surface area contributed by atoms with E-state index in [1.165, 1.54) is 11.8 Å². The number of thioether (sulfide) groups is 1. The van der Waals surface area contributed by atoms with Gasteiger partial charge in [-0.05, 0) is 37.7 Å². The lowest BCUT2D eigenvalue weighted by Gasteiger charge is -2.11. The second kappa shape index (κ2) is 13.3. The third-order valence-corrected chi connectivity index (χ3v) is 4.74. The molecule has 0 spiro atoms. The largest absolute Gasteiger partial charge is 0.440 e. The molecule has 0 radical (unpaired) electrons. The van der Waals surface area contributed by atoms with Gasteiger partial charge in [-0.25, -0.2) is 4.98 Å². The number of likely N-dealkylation sites (N-methyl/N-ethyl adjacent to an activating group) is 1. The van der Waals surface area contributed by atoms with Crippen molar-refractivity contribution in [1.82, 2.24) is 15.6 Å². The van der Waals surface area contributed by atoms with Gasteiger partial charge in [0.1, 0.15) is 0 Å². The van der Waals surface area contributed by atoms with Crippen LogP contribution in [0, 0.1) is 0 Å². The molecule has 1 heterocycles. The SMILES string of the molecule is CCNCCNC(=O)C(C)SCc1ncc(-c2ccc(Cl)cc2)o1.Cl.Cl. The van der Waals surface area contributed by atoms with Gasteiger partial charge in [-0.2, -0.15) is 0 Å². The standard InChI is InChI=1S/C17H22ClN3O2S.2ClH/c1-3-19-8-9-20-17(22)12(2)24-11-16-21-10-15(23-16)13-4-6-14(18)7-5-13;;/h4-7,10,12,19H,3,8-9,11H2,1-2H3,(H,20,22);2*1H. The Kier molecular flexibility index (Phi) is 12.8. The van der Waals surface area contributed by atoms with Crippen LogP contribution in [0.1, 0.15) is 19.7 Å². The Morgan fingerprint density at radius 3 is 2.62 bits per heavy atom. The first-order valence-electron chi connectivity index (χ1n) is 7.90. The highest BCUT2D eigenvalue weighted by molar-refractivity contribution is 7.99. The molecule has 146 valence electrons. The third-order valence-electron chi connectivity index (χ3n) is 3.36. The number of benzene rings is 1. The van der Waals surface area contributed by atoms with Crippen molar-refractivity contribution in [2.24, 2.45) is 0 Å². The average molecular weight is 441 g/mol. The summed E-state index contributed by atoms with van der Waals surface area (Å²) in [5, 5.41) is 6.60. The number of carbonyl (C=O) groups excluding carboxylic acids is 1. The van der Waals surface area contributed by atoms with E-state index in [-0.39, 0.29) is 36.0 Å². The molecule has 0 aliphatic rings. The van der Waals surface area contributed by atoms with E-state index < -0.39 is 0 Å². The van der Waals surface area contributed by atoms with Gasteiger partial charge in [0.25, 0.3) is 0 Å². The van der Waals surface area contributed by atoms with Crippen molar-refractivity contribution in [3.8, 4) is 11.3 Å². The molecule has 1 atom stereocenters. The molecule has 1 amide bonds. The summed E-state index contributed by atoms with van der Waals surface area (Å²) in [5.41, 5.74) is 0.928. The Morgan fingerprint density at radius 2 is 1.96 bits per heavy atom. The predicted molar refractivity (Wildman–Crippen MR) is 114 cm³/mol. The van der Waals surface area contributed by atoms with Gasteiger partial charge in [-0.15, -0.1) is 36.6 Å². The number of aromatic nitrogens is 1. The fourth-order valence-electron chi connectivity index (χ4n) is 1.99. The number of hydrogen-bond donors (Lipinski definition) is 2. The van der Waals surface area contributed by atoms with Crippen LogP contribution in [0.2, 0.25) is 5.02 Å². The minimum absolute atomic E-state index is 0. The Balaban J connectivity index is 0.00000312. The molecule has 1 aromatic heterocycles. The molecule has 0 bridgehead atoms. The molecule has 0 aliphatic heterocycles. The van der Waals surface area contributed by atoms with E-state index in [1.54, 1.807) is 6.20 Å². The maximum Gasteiger partial charge on any atom is 0.232 e. The molecule has 0 saturated carbocycles. The highest BCUT2D eigenvalue weighted by Gasteiger charge is 2.15. The number of oxazole rings is 1. The summed E-state index contributed by atoms with van der Waals surface area (Å²) in [4.78, 5) is 16.2. The van der Waals surface area contributed by atoms with Crippen molar-refractivity contribution in [1.29, 1.82) is 0 Å². The summed E-state index contributed by atoms with van der Waals surface area (Å²) in [6, 6.07) is 7.40. The molecule has 2 rings (SSSR count). The molecule has 0 saturated heterocycles. The Bertz CT molecular complexity index is 653. The molecule has 1 aromatic carbocycles. The first kappa shape index (κ1) is 25.1. The Labute approximate surface area is 175 Å². The lowest BCUT2D eigenvalue weighted by molar-refractivity contribution is -0.120. The van der Waals surface area contributed by atoms with Crippen LogP contribution in [0.3, 0.4) is 0 Å². The van der Waals surface area contributed by atoms with E-state index >= 15 is 0 Å². The van der Waals surface area contributed by atoms with E-state index in [4.69, 9.17) is 16.0 Å². The van der Waals surface area contributed by atoms with Crippen LogP contribution in [0.25, 0.3) is 11.3 Å². The van der Waals surface area contributed by atoms with Crippen LogP contribution in [0.15, 0.2) is 34.9 Å². The molecule has 1 unspecified atom stereocenters. The summed E-state index contributed by atoms with van der Waals surface area (Å²) in [7, 11) is 0. The Hall–Kier alpha value is -0.920. The first-order valence-corrected chi connectivity index (χ1v) is 9.33. The topological polar surface area (TPSA) is 67.2 Å². The maximum atomic E-state index is 12.0. The number of halogens is 3. The summed E-state index contributed by atoms with van der Waals surface area (Å²) in [6.45, 7) is 6.24. The highest BCUT2D eigenvalue weighted by atomic mass is 35.5. The van der Waals surface area contributed by atoms with Crippen molar-refractivity contribution >= 4 is 54.1 Å². The summed E-state index contributed by atoms with van der Waals surface area (Å²) < 4.78 is 5.74. The highest BCUT2D eigenvalue weighted by Crippen LogP contribution is 2.24. The second-order valence-electron chi connectivity index (χ2n) is 5.22. The van der Waals surface area contributed by atoms with Gasteiger partial charge in [-0.1, -0.05) is 18.5 Å². The monoisotopic (exact) mass is 439 g/mol. The molecule has 5 nitrogen and oxygen atoms in total. The van der Waals surface area contributed by atoms with Gasteiger partial charge in [0.2, 0.25) is 11.8 Å². The van der Waals surface area contributed by atoms with E-state index in [0.717, 1.165) is 18.7 Å². The minimum atomic E-state index is -0.155. The molecule has 0 aliphatic carbocycles. The number of carbonyl (C=O) groups is 1. The Morgan fingerprint density at radius 1 is 1.27 bits per heavy atom. The molecule has 0 fully saturated rings. The average Bonchev–Trinajstić information content (AvgIpc) is 3.06. The molecular formula is C17H24Cl3N3O2S. The van der Waals surface area contributed by atoms with Crippen molar-refractivity contribution < 1.29 is 9.21 Å². The second-order valence-corrected chi connectivity index (χ2v) is 6.99. The summed E-state index contributed by atoms with van der Waals surface area (Å²) in [6.07, 6.45) is 1.69. The summed E-state index contributed by atoms with van der Waals surface area (Å²) in [5.74, 6) is 1.89. The fraction of sp³-hybridized carbons (Fsp3) is 0.412.